The van der Waals surface area contributed by atoms with Crippen molar-refractivity contribution in [1.82, 2.24) is 0 Å². The Morgan fingerprint density at radius 3 is 2.64 bits per heavy atom. The third-order valence-electron chi connectivity index (χ3n) is 1.62. The normalized spacial score (nSPS) is 12.3. The lowest BCUT2D eigenvalue weighted by molar-refractivity contribution is 0.701. The van der Waals surface area contributed by atoms with Crippen molar-refractivity contribution < 1.29 is 0 Å². The molecule has 1 nitrogen and oxygen atoms in total. The van der Waals surface area contributed by atoms with Gasteiger partial charge in [0, 0.05) is 10.9 Å². The van der Waals surface area contributed by atoms with Gasteiger partial charge in [0.2, 0.25) is 0 Å². The Bertz CT molecular complexity index is 210. The SMILES string of the molecule is CC[C@H](N)c1csc(C)c1.Cl. The van der Waals surface area contributed by atoms with Crippen LogP contribution in [0.3, 0.4) is 0 Å². The smallest absolute Gasteiger partial charge is 0.0300 e. The minimum atomic E-state index is 0. The van der Waals surface area contributed by atoms with Gasteiger partial charge in [0.15, 0.2) is 0 Å². The molecule has 0 fully saturated rings. The second kappa shape index (κ2) is 4.75. The van der Waals surface area contributed by atoms with Crippen LogP contribution in [-0.4, -0.2) is 0 Å². The molecule has 11 heavy (non-hydrogen) atoms. The molecule has 1 rings (SSSR count). The zero-order chi connectivity index (χ0) is 7.56. The summed E-state index contributed by atoms with van der Waals surface area (Å²) in [5, 5.41) is 2.14. The minimum Gasteiger partial charge on any atom is -0.324 e. The van der Waals surface area contributed by atoms with E-state index in [-0.39, 0.29) is 18.4 Å². The molecule has 0 radical (unpaired) electrons. The van der Waals surface area contributed by atoms with E-state index in [1.807, 2.05) is 0 Å². The quantitative estimate of drug-likeness (QED) is 0.765. The second-order valence-corrected chi connectivity index (χ2v) is 3.62. The maximum Gasteiger partial charge on any atom is 0.0300 e. The van der Waals surface area contributed by atoms with Crippen LogP contribution in [0.4, 0.5) is 0 Å². The fraction of sp³-hybridized carbons (Fsp3) is 0.500. The van der Waals surface area contributed by atoms with Crippen molar-refractivity contribution in [3.8, 4) is 0 Å². The fourth-order valence-electron chi connectivity index (χ4n) is 0.894. The average molecular weight is 192 g/mol. The van der Waals surface area contributed by atoms with Gasteiger partial charge < -0.3 is 5.73 Å². The van der Waals surface area contributed by atoms with Crippen LogP contribution in [0.15, 0.2) is 11.4 Å². The molecule has 1 heterocycles. The summed E-state index contributed by atoms with van der Waals surface area (Å²) in [5.41, 5.74) is 7.10. The maximum atomic E-state index is 5.81. The highest BCUT2D eigenvalue weighted by atomic mass is 35.5. The first kappa shape index (κ1) is 11.0. The molecular formula is C8H14ClNS. The van der Waals surface area contributed by atoms with E-state index in [1.165, 1.54) is 10.4 Å². The van der Waals surface area contributed by atoms with Crippen LogP contribution < -0.4 is 5.73 Å². The predicted octanol–water partition coefficient (Wildman–Crippen LogP) is 2.89. The molecule has 0 aliphatic rings. The van der Waals surface area contributed by atoms with Crippen LogP contribution >= 0.6 is 23.7 Å². The molecular weight excluding hydrogens is 178 g/mol. The molecule has 1 aromatic rings. The lowest BCUT2D eigenvalue weighted by atomic mass is 10.1. The zero-order valence-corrected chi connectivity index (χ0v) is 8.47. The molecule has 2 N–H and O–H groups in total. The number of hydrogen-bond donors (Lipinski definition) is 1. The minimum absolute atomic E-state index is 0. The molecule has 0 bridgehead atoms. The highest BCUT2D eigenvalue weighted by molar-refractivity contribution is 7.10. The summed E-state index contributed by atoms with van der Waals surface area (Å²) >= 11 is 1.77. The molecule has 0 aromatic carbocycles. The first-order chi connectivity index (χ1) is 4.74. The van der Waals surface area contributed by atoms with E-state index in [4.69, 9.17) is 5.73 Å². The van der Waals surface area contributed by atoms with Gasteiger partial charge in [0.05, 0.1) is 0 Å². The molecule has 0 saturated carbocycles. The van der Waals surface area contributed by atoms with Crippen LogP contribution in [0.5, 0.6) is 0 Å². The average Bonchev–Trinajstić information content (AvgIpc) is 2.34. The van der Waals surface area contributed by atoms with Crippen LogP contribution in [0, 0.1) is 6.92 Å². The maximum absolute atomic E-state index is 5.81. The Morgan fingerprint density at radius 2 is 2.27 bits per heavy atom. The summed E-state index contributed by atoms with van der Waals surface area (Å²) < 4.78 is 0. The van der Waals surface area contributed by atoms with Gasteiger partial charge in [-0.25, -0.2) is 0 Å². The monoisotopic (exact) mass is 191 g/mol. The van der Waals surface area contributed by atoms with Gasteiger partial charge in [-0.2, -0.15) is 0 Å². The van der Waals surface area contributed by atoms with E-state index in [1.54, 1.807) is 11.3 Å². The van der Waals surface area contributed by atoms with Gasteiger partial charge in [-0.05, 0) is 30.4 Å². The number of hydrogen-bond acceptors (Lipinski definition) is 2. The molecule has 0 aliphatic heterocycles. The molecule has 0 aliphatic carbocycles. The molecule has 3 heteroatoms. The highest BCUT2D eigenvalue weighted by Gasteiger charge is 2.03. The zero-order valence-electron chi connectivity index (χ0n) is 6.83. The number of rotatable bonds is 2. The van der Waals surface area contributed by atoms with Crippen LogP contribution in [0.25, 0.3) is 0 Å². The van der Waals surface area contributed by atoms with E-state index < -0.39 is 0 Å². The van der Waals surface area contributed by atoms with Crippen molar-refractivity contribution in [2.45, 2.75) is 26.3 Å². The number of halogens is 1. The van der Waals surface area contributed by atoms with E-state index in [0.717, 1.165) is 6.42 Å². The van der Waals surface area contributed by atoms with E-state index in [2.05, 4.69) is 25.3 Å². The summed E-state index contributed by atoms with van der Waals surface area (Å²) in [6, 6.07) is 2.41. The van der Waals surface area contributed by atoms with Gasteiger partial charge in [-0.1, -0.05) is 6.92 Å². The number of aryl methyl sites for hydroxylation is 1. The van der Waals surface area contributed by atoms with Crippen molar-refractivity contribution in [2.24, 2.45) is 5.73 Å². The van der Waals surface area contributed by atoms with Gasteiger partial charge in [-0.15, -0.1) is 23.7 Å². The van der Waals surface area contributed by atoms with Crippen molar-refractivity contribution in [2.75, 3.05) is 0 Å². The van der Waals surface area contributed by atoms with Crippen molar-refractivity contribution in [3.05, 3.63) is 21.9 Å². The van der Waals surface area contributed by atoms with Crippen LogP contribution in [0.1, 0.15) is 29.8 Å². The molecule has 0 saturated heterocycles. The van der Waals surface area contributed by atoms with Crippen LogP contribution in [-0.2, 0) is 0 Å². The third-order valence-corrected chi connectivity index (χ3v) is 2.50. The lowest BCUT2D eigenvalue weighted by Crippen LogP contribution is -2.06. The molecule has 1 aromatic heterocycles. The van der Waals surface area contributed by atoms with Crippen molar-refractivity contribution in [1.29, 1.82) is 0 Å². The number of thiophene rings is 1. The Labute approximate surface area is 78.0 Å². The Balaban J connectivity index is 0.000001000. The topological polar surface area (TPSA) is 26.0 Å². The Morgan fingerprint density at radius 1 is 1.64 bits per heavy atom. The standard InChI is InChI=1S/C8H13NS.ClH/c1-3-8(9)7-4-6(2)10-5-7;/h4-5,8H,3,9H2,1-2H3;1H/t8-;/m0./s1. The molecule has 64 valence electrons. The Kier molecular flexibility index (Phi) is 4.73. The fourth-order valence-corrected chi connectivity index (χ4v) is 1.66. The first-order valence-electron chi connectivity index (χ1n) is 3.54. The summed E-state index contributed by atoms with van der Waals surface area (Å²) in [6.45, 7) is 4.22. The molecule has 1 atom stereocenters. The van der Waals surface area contributed by atoms with Crippen molar-refractivity contribution >= 4 is 23.7 Å². The van der Waals surface area contributed by atoms with Gasteiger partial charge in [-0.3, -0.25) is 0 Å². The Hall–Kier alpha value is -0.0500. The van der Waals surface area contributed by atoms with Gasteiger partial charge >= 0.3 is 0 Å². The molecule has 0 unspecified atom stereocenters. The summed E-state index contributed by atoms with van der Waals surface area (Å²) in [7, 11) is 0. The third kappa shape index (κ3) is 2.81. The van der Waals surface area contributed by atoms with E-state index in [0.29, 0.717) is 0 Å². The number of nitrogens with two attached hydrogens (primary N) is 1. The van der Waals surface area contributed by atoms with E-state index >= 15 is 0 Å². The summed E-state index contributed by atoms with van der Waals surface area (Å²) in [4.78, 5) is 1.35. The highest BCUT2D eigenvalue weighted by Crippen LogP contribution is 2.20. The van der Waals surface area contributed by atoms with Crippen LogP contribution in [0.2, 0.25) is 0 Å². The largest absolute Gasteiger partial charge is 0.324 e. The first-order valence-corrected chi connectivity index (χ1v) is 4.42. The predicted molar refractivity (Wildman–Crippen MR) is 53.5 cm³/mol. The lowest BCUT2D eigenvalue weighted by Gasteiger charge is -2.03. The second-order valence-electron chi connectivity index (χ2n) is 2.51. The molecule has 0 spiro atoms. The van der Waals surface area contributed by atoms with Crippen molar-refractivity contribution in [3.63, 3.8) is 0 Å². The summed E-state index contributed by atoms with van der Waals surface area (Å²) in [6.07, 6.45) is 1.02. The summed E-state index contributed by atoms with van der Waals surface area (Å²) in [5.74, 6) is 0. The van der Waals surface area contributed by atoms with E-state index in [9.17, 15) is 0 Å². The molecule has 0 amide bonds. The van der Waals surface area contributed by atoms with Gasteiger partial charge in [0.25, 0.3) is 0 Å². The van der Waals surface area contributed by atoms with Gasteiger partial charge in [0.1, 0.15) is 0 Å².